The van der Waals surface area contributed by atoms with Crippen LogP contribution in [-0.2, 0) is 19.9 Å². The highest BCUT2D eigenvalue weighted by molar-refractivity contribution is 5.97. The molecule has 0 spiro atoms. The third-order valence-corrected chi connectivity index (χ3v) is 5.84. The SMILES string of the molecule is Cc1ccc(C(OC(=O)C(F)(F)F)(C(N)=O)C(F)(F)F)cc1-c1cnc(N)c(C(=O)NCC2(C#N)CC2)n1. The van der Waals surface area contributed by atoms with E-state index in [9.17, 15) is 40.7 Å². The highest BCUT2D eigenvalue weighted by atomic mass is 19.4. The number of carbonyl (C=O) groups is 3. The third-order valence-electron chi connectivity index (χ3n) is 5.84. The van der Waals surface area contributed by atoms with Crippen molar-refractivity contribution in [2.75, 3.05) is 12.3 Å². The molecule has 38 heavy (non-hydrogen) atoms. The van der Waals surface area contributed by atoms with Gasteiger partial charge in [-0.3, -0.25) is 9.59 Å². The fraction of sp³-hybridized carbons (Fsp3) is 0.364. The Bertz CT molecular complexity index is 1350. The van der Waals surface area contributed by atoms with E-state index in [1.165, 1.54) is 6.92 Å². The van der Waals surface area contributed by atoms with Crippen LogP contribution in [-0.4, -0.2) is 46.6 Å². The molecule has 1 aromatic carbocycles. The fourth-order valence-electron chi connectivity index (χ4n) is 3.43. The number of hydrogen-bond donors (Lipinski definition) is 3. The second-order valence-electron chi connectivity index (χ2n) is 8.52. The number of halogens is 6. The average Bonchev–Trinajstić information content (AvgIpc) is 3.60. The normalized spacial score (nSPS) is 16.1. The number of primary amides is 1. The van der Waals surface area contributed by atoms with Crippen LogP contribution in [0.5, 0.6) is 0 Å². The summed E-state index contributed by atoms with van der Waals surface area (Å²) in [6.45, 7) is 1.36. The van der Waals surface area contributed by atoms with E-state index in [1.807, 2.05) is 0 Å². The van der Waals surface area contributed by atoms with Crippen LogP contribution in [0.1, 0.15) is 34.5 Å². The molecule has 2 amide bonds. The van der Waals surface area contributed by atoms with Crippen molar-refractivity contribution in [1.82, 2.24) is 15.3 Å². The number of anilines is 1. The largest absolute Gasteiger partial charge is 0.490 e. The molecule has 1 saturated carbocycles. The first-order chi connectivity index (χ1) is 17.5. The van der Waals surface area contributed by atoms with Gasteiger partial charge in [0.25, 0.3) is 11.8 Å². The molecule has 1 fully saturated rings. The third kappa shape index (κ3) is 5.17. The Morgan fingerprint density at radius 1 is 1.18 bits per heavy atom. The molecule has 1 heterocycles. The maximum absolute atomic E-state index is 14.1. The minimum Gasteiger partial charge on any atom is -0.427 e. The van der Waals surface area contributed by atoms with Gasteiger partial charge in [0.05, 0.1) is 23.4 Å². The predicted octanol–water partition coefficient (Wildman–Crippen LogP) is 2.42. The van der Waals surface area contributed by atoms with Crippen molar-refractivity contribution in [3.05, 3.63) is 41.2 Å². The molecule has 1 aromatic heterocycles. The molecule has 0 bridgehead atoms. The van der Waals surface area contributed by atoms with E-state index in [0.29, 0.717) is 25.0 Å². The number of nitriles is 1. The summed E-state index contributed by atoms with van der Waals surface area (Å²) >= 11 is 0. The van der Waals surface area contributed by atoms with Gasteiger partial charge in [0.1, 0.15) is 0 Å². The minimum atomic E-state index is -5.91. The molecule has 0 aliphatic heterocycles. The van der Waals surface area contributed by atoms with E-state index in [2.05, 4.69) is 26.1 Å². The van der Waals surface area contributed by atoms with Crippen molar-refractivity contribution in [3.63, 3.8) is 0 Å². The number of aromatic nitrogens is 2. The van der Waals surface area contributed by atoms with Gasteiger partial charge >= 0.3 is 23.9 Å². The zero-order chi connectivity index (χ0) is 28.7. The summed E-state index contributed by atoms with van der Waals surface area (Å²) in [5.41, 5.74) is 3.33. The fourth-order valence-corrected chi connectivity index (χ4v) is 3.43. The van der Waals surface area contributed by atoms with Gasteiger partial charge in [0.2, 0.25) is 0 Å². The quantitative estimate of drug-likeness (QED) is 0.352. The lowest BCUT2D eigenvalue weighted by Gasteiger charge is -2.33. The zero-order valence-electron chi connectivity index (χ0n) is 19.3. The van der Waals surface area contributed by atoms with Crippen molar-refractivity contribution in [2.24, 2.45) is 11.1 Å². The molecule has 0 saturated heterocycles. The molecule has 10 nitrogen and oxygen atoms in total. The van der Waals surface area contributed by atoms with Gasteiger partial charge in [0.15, 0.2) is 11.5 Å². The zero-order valence-corrected chi connectivity index (χ0v) is 19.3. The summed E-state index contributed by atoms with van der Waals surface area (Å²) in [6, 6.07) is 4.25. The Morgan fingerprint density at radius 3 is 2.32 bits per heavy atom. The lowest BCUT2D eigenvalue weighted by atomic mass is 9.88. The number of nitrogens with zero attached hydrogens (tertiary/aromatic N) is 3. The molecular weight excluding hydrogens is 526 g/mol. The van der Waals surface area contributed by atoms with Gasteiger partial charge < -0.3 is 21.5 Å². The molecule has 2 aromatic rings. The molecule has 3 rings (SSSR count). The molecule has 202 valence electrons. The Hall–Kier alpha value is -4.42. The second-order valence-corrected chi connectivity index (χ2v) is 8.52. The second kappa shape index (κ2) is 9.47. The van der Waals surface area contributed by atoms with Crippen LogP contribution in [0.25, 0.3) is 11.3 Å². The standard InChI is InChI=1S/C22H18F6N6O4/c1-10-2-3-11(20(17(31)36,22(26,27)28)38-18(37)21(23,24)25)6-12(10)13-7-32-15(30)14(34-13)16(35)33-9-19(8-29)4-5-19/h2-3,6-7H,4-5,9H2,1H3,(H2,30,32)(H2,31,36)(H,33,35). The topological polar surface area (TPSA) is 174 Å². The van der Waals surface area contributed by atoms with Crippen LogP contribution in [0.2, 0.25) is 0 Å². The number of amides is 2. The number of carbonyl (C=O) groups excluding carboxylic acids is 3. The van der Waals surface area contributed by atoms with Gasteiger partial charge in [0, 0.05) is 17.7 Å². The summed E-state index contributed by atoms with van der Waals surface area (Å²) in [4.78, 5) is 43.8. The Balaban J connectivity index is 2.10. The van der Waals surface area contributed by atoms with Crippen molar-refractivity contribution in [3.8, 4) is 17.3 Å². The summed E-state index contributed by atoms with van der Waals surface area (Å²) in [5.74, 6) is -6.93. The van der Waals surface area contributed by atoms with E-state index in [1.54, 1.807) is 0 Å². The molecule has 1 unspecified atom stereocenters. The van der Waals surface area contributed by atoms with E-state index in [0.717, 1.165) is 12.3 Å². The average molecular weight is 544 g/mol. The van der Waals surface area contributed by atoms with Gasteiger partial charge in [-0.2, -0.15) is 31.6 Å². The molecular formula is C22H18F6N6O4. The summed E-state index contributed by atoms with van der Waals surface area (Å²) in [7, 11) is 0. The lowest BCUT2D eigenvalue weighted by Crippen LogP contribution is -2.57. The molecule has 5 N–H and O–H groups in total. The highest BCUT2D eigenvalue weighted by Gasteiger charge is 2.66. The number of ether oxygens (including phenoxy) is 1. The molecule has 16 heteroatoms. The van der Waals surface area contributed by atoms with Crippen molar-refractivity contribution >= 4 is 23.6 Å². The number of rotatable bonds is 7. The van der Waals surface area contributed by atoms with Crippen LogP contribution >= 0.6 is 0 Å². The van der Waals surface area contributed by atoms with E-state index in [-0.39, 0.29) is 29.2 Å². The van der Waals surface area contributed by atoms with E-state index >= 15 is 0 Å². The Labute approximate surface area is 210 Å². The number of aryl methyl sites for hydroxylation is 1. The number of benzene rings is 1. The van der Waals surface area contributed by atoms with Crippen molar-refractivity contribution in [1.29, 1.82) is 5.26 Å². The first-order valence-electron chi connectivity index (χ1n) is 10.6. The van der Waals surface area contributed by atoms with Crippen molar-refractivity contribution in [2.45, 2.75) is 37.7 Å². The molecule has 1 aliphatic carbocycles. The first kappa shape index (κ1) is 28.2. The van der Waals surface area contributed by atoms with Crippen LogP contribution < -0.4 is 16.8 Å². The Morgan fingerprint density at radius 2 is 1.82 bits per heavy atom. The smallest absolute Gasteiger partial charge is 0.427 e. The van der Waals surface area contributed by atoms with Crippen LogP contribution in [0.15, 0.2) is 24.4 Å². The number of nitrogens with two attached hydrogens (primary N) is 2. The number of esters is 1. The molecule has 1 atom stereocenters. The van der Waals surface area contributed by atoms with Gasteiger partial charge in [-0.15, -0.1) is 0 Å². The number of nitrogen functional groups attached to an aromatic ring is 1. The monoisotopic (exact) mass is 544 g/mol. The lowest BCUT2D eigenvalue weighted by molar-refractivity contribution is -0.280. The number of hydrogen-bond acceptors (Lipinski definition) is 8. The first-order valence-corrected chi connectivity index (χ1v) is 10.6. The van der Waals surface area contributed by atoms with Gasteiger partial charge in [-0.1, -0.05) is 12.1 Å². The summed E-state index contributed by atoms with van der Waals surface area (Å²) < 4.78 is 84.3. The predicted molar refractivity (Wildman–Crippen MR) is 115 cm³/mol. The van der Waals surface area contributed by atoms with Crippen molar-refractivity contribution < 1.29 is 45.5 Å². The Kier molecular flexibility index (Phi) is 7.02. The highest BCUT2D eigenvalue weighted by Crippen LogP contribution is 2.45. The summed E-state index contributed by atoms with van der Waals surface area (Å²) in [5, 5.41) is 11.6. The minimum absolute atomic E-state index is 0.0144. The van der Waals surface area contributed by atoms with E-state index in [4.69, 9.17) is 16.7 Å². The molecule has 0 radical (unpaired) electrons. The maximum atomic E-state index is 14.1. The van der Waals surface area contributed by atoms with Gasteiger partial charge in [-0.05, 0) is 31.4 Å². The van der Waals surface area contributed by atoms with Gasteiger partial charge in [-0.25, -0.2) is 14.8 Å². The van der Waals surface area contributed by atoms with Crippen LogP contribution in [0.3, 0.4) is 0 Å². The van der Waals surface area contributed by atoms with Crippen LogP contribution in [0.4, 0.5) is 32.2 Å². The number of alkyl halides is 6. The molecule has 1 aliphatic rings. The summed E-state index contributed by atoms with van der Waals surface area (Å²) in [6.07, 6.45) is -9.69. The van der Waals surface area contributed by atoms with Crippen LogP contribution in [0, 0.1) is 23.7 Å². The maximum Gasteiger partial charge on any atom is 0.490 e. The van der Waals surface area contributed by atoms with E-state index < -0.39 is 52.4 Å². The number of nitrogens with one attached hydrogen (secondary N) is 1.